The number of fused-ring (bicyclic) bond motifs is 1. The monoisotopic (exact) mass is 397 g/mol. The van der Waals surface area contributed by atoms with Gasteiger partial charge < -0.3 is 4.90 Å². The summed E-state index contributed by atoms with van der Waals surface area (Å²) in [4.78, 5) is 27.9. The Hall–Kier alpha value is -2.41. The maximum absolute atomic E-state index is 12.2. The Morgan fingerprint density at radius 1 is 1.17 bits per heavy atom. The molecule has 0 unspecified atom stereocenters. The lowest BCUT2D eigenvalue weighted by molar-refractivity contribution is -0.120. The van der Waals surface area contributed by atoms with E-state index in [9.17, 15) is 9.59 Å². The summed E-state index contributed by atoms with van der Waals surface area (Å²) in [6, 6.07) is 3.91. The van der Waals surface area contributed by atoms with Crippen molar-refractivity contribution in [3.8, 4) is 0 Å². The number of urea groups is 1. The lowest BCUT2D eigenvalue weighted by atomic mass is 9.88. The van der Waals surface area contributed by atoms with Crippen LogP contribution in [-0.4, -0.2) is 52.6 Å². The third-order valence-corrected chi connectivity index (χ3v) is 5.84. The SMILES string of the molecule is CC(C)(C)CN1CCC(Cc2ccn3ncc(N4CCC(=O)NC4=O)c3c2)CC1. The minimum Gasteiger partial charge on any atom is -0.303 e. The number of pyridine rings is 1. The van der Waals surface area contributed by atoms with E-state index in [4.69, 9.17) is 0 Å². The molecule has 4 heterocycles. The van der Waals surface area contributed by atoms with Crippen molar-refractivity contribution in [3.63, 3.8) is 0 Å². The molecule has 2 aromatic heterocycles. The van der Waals surface area contributed by atoms with Crippen molar-refractivity contribution in [3.05, 3.63) is 30.1 Å². The van der Waals surface area contributed by atoms with Crippen molar-refractivity contribution in [1.82, 2.24) is 19.8 Å². The van der Waals surface area contributed by atoms with E-state index < -0.39 is 0 Å². The highest BCUT2D eigenvalue weighted by molar-refractivity contribution is 6.07. The Balaban J connectivity index is 1.44. The number of aromatic nitrogens is 2. The first-order valence-corrected chi connectivity index (χ1v) is 10.6. The molecule has 0 bridgehead atoms. The number of nitrogens with one attached hydrogen (secondary N) is 1. The van der Waals surface area contributed by atoms with Gasteiger partial charge in [0.25, 0.3) is 0 Å². The van der Waals surface area contributed by atoms with Gasteiger partial charge in [-0.15, -0.1) is 0 Å². The van der Waals surface area contributed by atoms with Crippen LogP contribution in [0.2, 0.25) is 0 Å². The predicted octanol–water partition coefficient (Wildman–Crippen LogP) is 3.08. The van der Waals surface area contributed by atoms with Gasteiger partial charge in [0.05, 0.1) is 17.4 Å². The van der Waals surface area contributed by atoms with Crippen LogP contribution < -0.4 is 10.2 Å². The second-order valence-electron chi connectivity index (χ2n) is 9.63. The van der Waals surface area contributed by atoms with Crippen LogP contribution in [0, 0.1) is 11.3 Å². The first-order chi connectivity index (χ1) is 13.8. The topological polar surface area (TPSA) is 70.0 Å². The molecule has 7 heteroatoms. The Bertz CT molecular complexity index is 906. The second-order valence-corrected chi connectivity index (χ2v) is 9.63. The molecule has 2 saturated heterocycles. The molecule has 2 fully saturated rings. The molecule has 7 nitrogen and oxygen atoms in total. The fourth-order valence-electron chi connectivity index (χ4n) is 4.49. The van der Waals surface area contributed by atoms with Crippen molar-refractivity contribution in [2.24, 2.45) is 11.3 Å². The van der Waals surface area contributed by atoms with Crippen molar-refractivity contribution >= 4 is 23.1 Å². The quantitative estimate of drug-likeness (QED) is 0.861. The summed E-state index contributed by atoms with van der Waals surface area (Å²) in [5.74, 6) is 0.470. The Morgan fingerprint density at radius 2 is 1.93 bits per heavy atom. The lowest BCUT2D eigenvalue weighted by Crippen LogP contribution is -2.49. The van der Waals surface area contributed by atoms with Gasteiger partial charge in [-0.2, -0.15) is 5.10 Å². The van der Waals surface area contributed by atoms with E-state index in [1.165, 1.54) is 31.5 Å². The van der Waals surface area contributed by atoms with Crippen LogP contribution in [0.1, 0.15) is 45.6 Å². The predicted molar refractivity (Wildman–Crippen MR) is 113 cm³/mol. The Morgan fingerprint density at radius 3 is 2.62 bits per heavy atom. The summed E-state index contributed by atoms with van der Waals surface area (Å²) in [5, 5.41) is 6.77. The maximum Gasteiger partial charge on any atom is 0.328 e. The van der Waals surface area contributed by atoms with Gasteiger partial charge in [-0.1, -0.05) is 20.8 Å². The van der Waals surface area contributed by atoms with Crippen molar-refractivity contribution in [1.29, 1.82) is 0 Å². The summed E-state index contributed by atoms with van der Waals surface area (Å²) in [6.07, 6.45) is 7.49. The van der Waals surface area contributed by atoms with Crippen LogP contribution in [0.5, 0.6) is 0 Å². The normalized spacial score (nSPS) is 19.8. The van der Waals surface area contributed by atoms with Crippen LogP contribution in [0.15, 0.2) is 24.5 Å². The van der Waals surface area contributed by atoms with E-state index in [0.29, 0.717) is 24.3 Å². The van der Waals surface area contributed by atoms with Gasteiger partial charge in [0, 0.05) is 25.7 Å². The fourth-order valence-corrected chi connectivity index (χ4v) is 4.49. The molecule has 0 spiro atoms. The fraction of sp³-hybridized carbons (Fsp3) is 0.591. The molecular formula is C22H31N5O2. The van der Waals surface area contributed by atoms with Gasteiger partial charge in [0.2, 0.25) is 5.91 Å². The number of anilines is 1. The molecule has 0 aliphatic carbocycles. The highest BCUT2D eigenvalue weighted by Crippen LogP contribution is 2.28. The van der Waals surface area contributed by atoms with Gasteiger partial charge in [0.15, 0.2) is 0 Å². The zero-order valence-electron chi connectivity index (χ0n) is 17.6. The minimum absolute atomic E-state index is 0.221. The number of rotatable bonds is 4. The molecule has 2 aliphatic rings. The smallest absolute Gasteiger partial charge is 0.303 e. The summed E-state index contributed by atoms with van der Waals surface area (Å²) in [7, 11) is 0. The number of piperidine rings is 1. The van der Waals surface area contributed by atoms with Crippen LogP contribution >= 0.6 is 0 Å². The first kappa shape index (κ1) is 19.9. The van der Waals surface area contributed by atoms with Gasteiger partial charge in [-0.25, -0.2) is 9.31 Å². The van der Waals surface area contributed by atoms with Gasteiger partial charge in [-0.3, -0.25) is 15.0 Å². The van der Waals surface area contributed by atoms with Crippen LogP contribution in [0.4, 0.5) is 10.5 Å². The molecule has 3 amide bonds. The van der Waals surface area contributed by atoms with E-state index in [-0.39, 0.29) is 11.9 Å². The zero-order chi connectivity index (χ0) is 20.6. The molecule has 1 N–H and O–H groups in total. The molecule has 0 radical (unpaired) electrons. The minimum atomic E-state index is -0.368. The van der Waals surface area contributed by atoms with Gasteiger partial charge >= 0.3 is 6.03 Å². The number of nitrogens with zero attached hydrogens (tertiary/aromatic N) is 4. The van der Waals surface area contributed by atoms with Crippen molar-refractivity contribution in [2.75, 3.05) is 31.1 Å². The number of hydrogen-bond acceptors (Lipinski definition) is 4. The molecule has 0 saturated carbocycles. The maximum atomic E-state index is 12.2. The van der Waals surface area contributed by atoms with Crippen LogP contribution in [0.3, 0.4) is 0 Å². The summed E-state index contributed by atoms with van der Waals surface area (Å²) < 4.78 is 1.80. The Labute approximate surface area is 172 Å². The number of carbonyl (C=O) groups is 2. The number of carbonyl (C=O) groups excluding carboxylic acids is 2. The molecule has 0 atom stereocenters. The van der Waals surface area contributed by atoms with E-state index in [1.807, 2.05) is 6.20 Å². The Kier molecular flexibility index (Phi) is 5.34. The highest BCUT2D eigenvalue weighted by Gasteiger charge is 2.27. The van der Waals surface area contributed by atoms with Crippen molar-refractivity contribution < 1.29 is 9.59 Å². The summed E-state index contributed by atoms with van der Waals surface area (Å²) in [5.41, 5.74) is 3.30. The number of amides is 3. The molecule has 156 valence electrons. The largest absolute Gasteiger partial charge is 0.328 e. The molecule has 29 heavy (non-hydrogen) atoms. The number of imide groups is 1. The van der Waals surface area contributed by atoms with E-state index >= 15 is 0 Å². The van der Waals surface area contributed by atoms with E-state index in [1.54, 1.807) is 15.6 Å². The van der Waals surface area contributed by atoms with Crippen LogP contribution in [-0.2, 0) is 11.2 Å². The lowest BCUT2D eigenvalue weighted by Gasteiger charge is -2.36. The standard InChI is InChI=1S/C22H31N5O2/c1-22(2,3)15-25-8-4-16(5-9-25)12-17-6-11-27-18(13-17)19(14-23-27)26-10-7-20(28)24-21(26)29/h6,11,13-14,16H,4-5,7-10,12,15H2,1-3H3,(H,24,28,29). The molecule has 2 aromatic rings. The van der Waals surface area contributed by atoms with Gasteiger partial charge in [0.1, 0.15) is 0 Å². The van der Waals surface area contributed by atoms with E-state index in [2.05, 4.69) is 48.2 Å². The number of likely N-dealkylation sites (tertiary alicyclic amines) is 1. The first-order valence-electron chi connectivity index (χ1n) is 10.6. The highest BCUT2D eigenvalue weighted by atomic mass is 16.2. The third-order valence-electron chi connectivity index (χ3n) is 5.84. The molecule has 2 aliphatic heterocycles. The number of hydrogen-bond donors (Lipinski definition) is 1. The average Bonchev–Trinajstić information content (AvgIpc) is 3.05. The zero-order valence-corrected chi connectivity index (χ0v) is 17.6. The van der Waals surface area contributed by atoms with Crippen molar-refractivity contribution in [2.45, 2.75) is 46.5 Å². The molecule has 0 aromatic carbocycles. The molecular weight excluding hydrogens is 366 g/mol. The van der Waals surface area contributed by atoms with E-state index in [0.717, 1.165) is 24.2 Å². The summed E-state index contributed by atoms with van der Waals surface area (Å²) >= 11 is 0. The van der Waals surface area contributed by atoms with Gasteiger partial charge in [-0.05, 0) is 61.4 Å². The summed E-state index contributed by atoms with van der Waals surface area (Å²) in [6.45, 7) is 10.8. The second kappa shape index (κ2) is 7.78. The van der Waals surface area contributed by atoms with Crippen LogP contribution in [0.25, 0.3) is 5.52 Å². The molecule has 4 rings (SSSR count). The third kappa shape index (κ3) is 4.61. The average molecular weight is 398 g/mol.